The summed E-state index contributed by atoms with van der Waals surface area (Å²) in [5, 5.41) is 8.03. The molecule has 0 aliphatic heterocycles. The molecule has 1 aromatic heterocycles. The molecule has 0 saturated carbocycles. The number of pyridine rings is 1. The molecule has 1 aromatic carbocycles. The van der Waals surface area contributed by atoms with Crippen molar-refractivity contribution in [3.8, 4) is 5.88 Å². The standard InChI is InChI=1S/C18H22N4O5/c1-25-9-10-27-17-8-7-15(11-19-17)22-18(24)21-14-5-3-13(4-6-14)20-16(23)12-26-2/h3-8,11H,9-10,12H2,1-2H3,(H,20,23)(H2,21,22,24). The maximum absolute atomic E-state index is 12.0. The lowest BCUT2D eigenvalue weighted by atomic mass is 10.3. The SMILES string of the molecule is COCCOc1ccc(NC(=O)Nc2ccc(NC(=O)COC)cc2)cn1. The summed E-state index contributed by atoms with van der Waals surface area (Å²) in [7, 11) is 3.04. The molecule has 144 valence electrons. The first-order valence-electron chi connectivity index (χ1n) is 8.15. The third kappa shape index (κ3) is 7.30. The van der Waals surface area contributed by atoms with Crippen molar-refractivity contribution in [2.75, 3.05) is 50.0 Å². The van der Waals surface area contributed by atoms with E-state index >= 15 is 0 Å². The Kier molecular flexibility index (Phi) is 8.01. The fraction of sp³-hybridized carbons (Fsp3) is 0.278. The third-order valence-corrected chi connectivity index (χ3v) is 3.23. The number of methoxy groups -OCH3 is 2. The van der Waals surface area contributed by atoms with Crippen LogP contribution >= 0.6 is 0 Å². The van der Waals surface area contributed by atoms with E-state index in [4.69, 9.17) is 14.2 Å². The van der Waals surface area contributed by atoms with Crippen LogP contribution in [-0.2, 0) is 14.3 Å². The molecule has 3 amide bonds. The van der Waals surface area contributed by atoms with Gasteiger partial charge >= 0.3 is 6.03 Å². The lowest BCUT2D eigenvalue weighted by Crippen LogP contribution is -2.20. The molecule has 9 heteroatoms. The number of hydrogen-bond donors (Lipinski definition) is 3. The highest BCUT2D eigenvalue weighted by molar-refractivity contribution is 6.00. The number of carbonyl (C=O) groups is 2. The summed E-state index contributed by atoms with van der Waals surface area (Å²) in [5.74, 6) is 0.196. The molecule has 0 aliphatic rings. The van der Waals surface area contributed by atoms with Crippen molar-refractivity contribution < 1.29 is 23.8 Å². The number of aromatic nitrogens is 1. The van der Waals surface area contributed by atoms with Crippen LogP contribution in [0.25, 0.3) is 0 Å². The Morgan fingerprint density at radius 1 is 0.852 bits per heavy atom. The van der Waals surface area contributed by atoms with Crippen LogP contribution in [0.4, 0.5) is 21.9 Å². The minimum Gasteiger partial charge on any atom is -0.475 e. The number of anilines is 3. The average Bonchev–Trinajstić information content (AvgIpc) is 2.65. The molecule has 0 atom stereocenters. The molecular weight excluding hydrogens is 352 g/mol. The number of hydrogen-bond acceptors (Lipinski definition) is 6. The summed E-state index contributed by atoms with van der Waals surface area (Å²) in [5.41, 5.74) is 1.70. The molecule has 0 spiro atoms. The second-order valence-corrected chi connectivity index (χ2v) is 5.36. The van der Waals surface area contributed by atoms with Gasteiger partial charge in [0.15, 0.2) is 0 Å². The predicted octanol–water partition coefficient (Wildman–Crippen LogP) is 2.34. The van der Waals surface area contributed by atoms with Crippen molar-refractivity contribution >= 4 is 29.0 Å². The van der Waals surface area contributed by atoms with E-state index in [-0.39, 0.29) is 12.5 Å². The number of nitrogens with zero attached hydrogens (tertiary/aromatic N) is 1. The second kappa shape index (κ2) is 10.7. The van der Waals surface area contributed by atoms with Gasteiger partial charge in [0.25, 0.3) is 0 Å². The molecule has 0 fully saturated rings. The highest BCUT2D eigenvalue weighted by Gasteiger charge is 2.05. The van der Waals surface area contributed by atoms with E-state index in [1.165, 1.54) is 13.3 Å². The topological polar surface area (TPSA) is 111 Å². The minimum absolute atomic E-state index is 0.0212. The van der Waals surface area contributed by atoms with Gasteiger partial charge in [0.05, 0.1) is 18.5 Å². The molecule has 2 aromatic rings. The normalized spacial score (nSPS) is 10.1. The zero-order chi connectivity index (χ0) is 19.5. The zero-order valence-corrected chi connectivity index (χ0v) is 15.2. The average molecular weight is 374 g/mol. The number of nitrogens with one attached hydrogen (secondary N) is 3. The van der Waals surface area contributed by atoms with Gasteiger partial charge in [-0.3, -0.25) is 4.79 Å². The Balaban J connectivity index is 1.82. The van der Waals surface area contributed by atoms with E-state index < -0.39 is 6.03 Å². The van der Waals surface area contributed by atoms with Crippen LogP contribution in [0.15, 0.2) is 42.6 Å². The van der Waals surface area contributed by atoms with Crippen LogP contribution in [0.3, 0.4) is 0 Å². The van der Waals surface area contributed by atoms with Gasteiger partial charge in [-0.2, -0.15) is 0 Å². The van der Waals surface area contributed by atoms with Gasteiger partial charge in [-0.1, -0.05) is 0 Å². The predicted molar refractivity (Wildman–Crippen MR) is 101 cm³/mol. The Morgan fingerprint density at radius 2 is 1.48 bits per heavy atom. The summed E-state index contributed by atoms with van der Waals surface area (Å²) in [6.45, 7) is 0.851. The van der Waals surface area contributed by atoms with Gasteiger partial charge in [0, 0.05) is 31.7 Å². The van der Waals surface area contributed by atoms with Crippen LogP contribution < -0.4 is 20.7 Å². The summed E-state index contributed by atoms with van der Waals surface area (Å²) in [6, 6.07) is 9.63. The maximum Gasteiger partial charge on any atom is 0.323 e. The van der Waals surface area contributed by atoms with Crippen molar-refractivity contribution in [2.24, 2.45) is 0 Å². The second-order valence-electron chi connectivity index (χ2n) is 5.36. The first kappa shape index (κ1) is 20.1. The van der Waals surface area contributed by atoms with Crippen molar-refractivity contribution in [3.05, 3.63) is 42.6 Å². The molecular formula is C18H22N4O5. The van der Waals surface area contributed by atoms with Gasteiger partial charge in [-0.05, 0) is 30.3 Å². The number of amides is 3. The summed E-state index contributed by atoms with van der Waals surface area (Å²) < 4.78 is 15.0. The van der Waals surface area contributed by atoms with Crippen LogP contribution in [-0.4, -0.2) is 51.0 Å². The van der Waals surface area contributed by atoms with E-state index in [1.54, 1.807) is 43.5 Å². The molecule has 0 unspecified atom stereocenters. The van der Waals surface area contributed by atoms with Crippen LogP contribution in [0, 0.1) is 0 Å². The third-order valence-electron chi connectivity index (χ3n) is 3.23. The van der Waals surface area contributed by atoms with Gasteiger partial charge < -0.3 is 30.2 Å². The van der Waals surface area contributed by atoms with Gasteiger partial charge in [-0.15, -0.1) is 0 Å². The van der Waals surface area contributed by atoms with E-state index in [0.29, 0.717) is 36.2 Å². The number of benzene rings is 1. The molecule has 3 N–H and O–H groups in total. The fourth-order valence-corrected chi connectivity index (χ4v) is 2.03. The van der Waals surface area contributed by atoms with Crippen molar-refractivity contribution in [2.45, 2.75) is 0 Å². The molecule has 9 nitrogen and oxygen atoms in total. The van der Waals surface area contributed by atoms with Gasteiger partial charge in [0.2, 0.25) is 11.8 Å². The largest absolute Gasteiger partial charge is 0.475 e. The van der Waals surface area contributed by atoms with Crippen LogP contribution in [0.1, 0.15) is 0 Å². The van der Waals surface area contributed by atoms with Crippen molar-refractivity contribution in [3.63, 3.8) is 0 Å². The monoisotopic (exact) mass is 374 g/mol. The lowest BCUT2D eigenvalue weighted by Gasteiger charge is -2.09. The number of rotatable bonds is 9. The quantitative estimate of drug-likeness (QED) is 0.581. The molecule has 0 saturated heterocycles. The Morgan fingerprint density at radius 3 is 2.07 bits per heavy atom. The van der Waals surface area contributed by atoms with E-state index in [2.05, 4.69) is 20.9 Å². The molecule has 0 aliphatic carbocycles. The van der Waals surface area contributed by atoms with Gasteiger partial charge in [-0.25, -0.2) is 9.78 Å². The molecule has 1 heterocycles. The fourth-order valence-electron chi connectivity index (χ4n) is 2.03. The Labute approximate surface area is 157 Å². The summed E-state index contributed by atoms with van der Waals surface area (Å²) in [6.07, 6.45) is 1.50. The highest BCUT2D eigenvalue weighted by atomic mass is 16.5. The maximum atomic E-state index is 12.0. The van der Waals surface area contributed by atoms with E-state index in [1.807, 2.05) is 0 Å². The summed E-state index contributed by atoms with van der Waals surface area (Å²) >= 11 is 0. The molecule has 2 rings (SSSR count). The van der Waals surface area contributed by atoms with E-state index in [9.17, 15) is 9.59 Å². The summed E-state index contributed by atoms with van der Waals surface area (Å²) in [4.78, 5) is 27.6. The smallest absolute Gasteiger partial charge is 0.323 e. The Bertz CT molecular complexity index is 734. The number of carbonyl (C=O) groups excluding carboxylic acids is 2. The van der Waals surface area contributed by atoms with Gasteiger partial charge in [0.1, 0.15) is 13.2 Å². The number of ether oxygens (including phenoxy) is 3. The van der Waals surface area contributed by atoms with E-state index in [0.717, 1.165) is 0 Å². The molecule has 0 bridgehead atoms. The zero-order valence-electron chi connectivity index (χ0n) is 15.2. The lowest BCUT2D eigenvalue weighted by molar-refractivity contribution is -0.119. The van der Waals surface area contributed by atoms with Crippen LogP contribution in [0.5, 0.6) is 5.88 Å². The van der Waals surface area contributed by atoms with Crippen LogP contribution in [0.2, 0.25) is 0 Å². The Hall–Kier alpha value is -3.17. The van der Waals surface area contributed by atoms with Crippen molar-refractivity contribution in [1.29, 1.82) is 0 Å². The highest BCUT2D eigenvalue weighted by Crippen LogP contribution is 2.15. The molecule has 0 radical (unpaired) electrons. The van der Waals surface area contributed by atoms with Crippen molar-refractivity contribution in [1.82, 2.24) is 4.98 Å². The minimum atomic E-state index is -0.416. The number of urea groups is 1. The molecule has 27 heavy (non-hydrogen) atoms. The first-order chi connectivity index (χ1) is 13.1. The first-order valence-corrected chi connectivity index (χ1v) is 8.15.